The molecule has 0 radical (unpaired) electrons. The van der Waals surface area contributed by atoms with Crippen molar-refractivity contribution in [3.8, 4) is 11.1 Å². The third-order valence-corrected chi connectivity index (χ3v) is 5.32. The highest BCUT2D eigenvalue weighted by atomic mass is 32.2. The molecule has 0 aliphatic heterocycles. The van der Waals surface area contributed by atoms with Gasteiger partial charge in [-0.2, -0.15) is 0 Å². The topological polar surface area (TPSA) is 83.0 Å². The van der Waals surface area contributed by atoms with Crippen molar-refractivity contribution in [3.63, 3.8) is 0 Å². The molecule has 7 heteroatoms. The molecule has 2 aromatic heterocycles. The van der Waals surface area contributed by atoms with Crippen molar-refractivity contribution in [2.45, 2.75) is 23.8 Å². The lowest BCUT2D eigenvalue weighted by atomic mass is 10.1. The second-order valence-electron chi connectivity index (χ2n) is 5.48. The van der Waals surface area contributed by atoms with Crippen molar-refractivity contribution in [2.24, 2.45) is 0 Å². The van der Waals surface area contributed by atoms with E-state index in [0.29, 0.717) is 15.4 Å². The van der Waals surface area contributed by atoms with Gasteiger partial charge in [-0.1, -0.05) is 42.1 Å². The van der Waals surface area contributed by atoms with Crippen LogP contribution in [0.3, 0.4) is 0 Å². The van der Waals surface area contributed by atoms with Gasteiger partial charge in [0, 0.05) is 10.9 Å². The average Bonchev–Trinajstić information content (AvgIpc) is 2.92. The van der Waals surface area contributed by atoms with Crippen molar-refractivity contribution in [2.75, 3.05) is 0 Å². The van der Waals surface area contributed by atoms with Crippen LogP contribution in [-0.2, 0) is 4.79 Å². The van der Waals surface area contributed by atoms with Crippen LogP contribution >= 0.6 is 23.1 Å². The number of hydrogen-bond donors (Lipinski definition) is 2. The van der Waals surface area contributed by atoms with Gasteiger partial charge in [-0.3, -0.25) is 9.59 Å². The highest BCUT2D eigenvalue weighted by molar-refractivity contribution is 8.01. The molecule has 1 aromatic carbocycles. The molecular weight excluding hydrogens is 332 g/mol. The Kier molecular flexibility index (Phi) is 3.99. The Morgan fingerprint density at radius 3 is 2.65 bits per heavy atom. The monoisotopic (exact) mass is 346 g/mol. The molecule has 5 nitrogen and oxygen atoms in total. The number of nitrogens with zero attached hydrogens (tertiary/aromatic N) is 1. The van der Waals surface area contributed by atoms with Crippen LogP contribution in [0.2, 0.25) is 0 Å². The highest BCUT2D eigenvalue weighted by Gasteiger charge is 2.30. The highest BCUT2D eigenvalue weighted by Crippen LogP contribution is 2.34. The summed E-state index contributed by atoms with van der Waals surface area (Å²) in [6.45, 7) is 3.15. The maximum atomic E-state index is 12.5. The summed E-state index contributed by atoms with van der Waals surface area (Å²) in [4.78, 5) is 31.4. The van der Waals surface area contributed by atoms with Gasteiger partial charge in [0.1, 0.15) is 9.58 Å². The van der Waals surface area contributed by atoms with E-state index >= 15 is 0 Å². The van der Waals surface area contributed by atoms with Crippen LogP contribution < -0.4 is 5.56 Å². The van der Waals surface area contributed by atoms with Crippen LogP contribution in [0.15, 0.2) is 45.7 Å². The quantitative estimate of drug-likeness (QED) is 0.557. The summed E-state index contributed by atoms with van der Waals surface area (Å²) in [6, 6.07) is 9.64. The minimum absolute atomic E-state index is 0.251. The summed E-state index contributed by atoms with van der Waals surface area (Å²) >= 11 is 2.41. The van der Waals surface area contributed by atoms with Gasteiger partial charge < -0.3 is 10.1 Å². The number of nitrogens with one attached hydrogen (secondary N) is 1. The molecule has 2 N–H and O–H groups in total. The number of aromatic amines is 1. The van der Waals surface area contributed by atoms with E-state index < -0.39 is 10.7 Å². The Morgan fingerprint density at radius 2 is 2.00 bits per heavy atom. The van der Waals surface area contributed by atoms with E-state index in [-0.39, 0.29) is 5.56 Å². The van der Waals surface area contributed by atoms with Gasteiger partial charge >= 0.3 is 5.97 Å². The number of hydrogen-bond acceptors (Lipinski definition) is 5. The fourth-order valence-corrected chi connectivity index (χ4v) is 3.95. The number of carbonyl (C=O) groups is 1. The van der Waals surface area contributed by atoms with Crippen LogP contribution in [0.4, 0.5) is 0 Å². The lowest BCUT2D eigenvalue weighted by Crippen LogP contribution is -2.27. The minimum Gasteiger partial charge on any atom is -0.480 e. The summed E-state index contributed by atoms with van der Waals surface area (Å²) in [7, 11) is 0. The molecule has 0 amide bonds. The summed E-state index contributed by atoms with van der Waals surface area (Å²) in [5.41, 5.74) is 1.55. The number of thioether (sulfide) groups is 1. The molecule has 3 rings (SSSR count). The van der Waals surface area contributed by atoms with Gasteiger partial charge in [0.2, 0.25) is 0 Å². The second-order valence-corrected chi connectivity index (χ2v) is 7.95. The number of fused-ring (bicyclic) bond motifs is 1. The number of thiophene rings is 1. The second kappa shape index (κ2) is 5.82. The first-order valence-electron chi connectivity index (χ1n) is 6.88. The van der Waals surface area contributed by atoms with Crippen molar-refractivity contribution >= 4 is 39.3 Å². The van der Waals surface area contributed by atoms with Crippen LogP contribution in [0, 0.1) is 0 Å². The fraction of sp³-hybridized carbons (Fsp3) is 0.188. The zero-order chi connectivity index (χ0) is 16.6. The minimum atomic E-state index is -1.07. The molecule has 0 aliphatic carbocycles. The lowest BCUT2D eigenvalue weighted by Gasteiger charge is -2.16. The fourth-order valence-electron chi connectivity index (χ4n) is 2.09. The Labute approximate surface area is 140 Å². The van der Waals surface area contributed by atoms with Crippen molar-refractivity contribution in [1.29, 1.82) is 0 Å². The third kappa shape index (κ3) is 3.02. The number of rotatable bonds is 4. The predicted octanol–water partition coefficient (Wildman–Crippen LogP) is 3.61. The molecule has 0 bridgehead atoms. The first-order valence-corrected chi connectivity index (χ1v) is 8.57. The SMILES string of the molecule is CC(C)(Sc1nc2scc(-c3ccccc3)c2c(=O)[nH]1)C(=O)O. The molecule has 0 spiro atoms. The molecule has 118 valence electrons. The summed E-state index contributed by atoms with van der Waals surface area (Å²) in [6.07, 6.45) is 0. The molecule has 0 saturated heterocycles. The van der Waals surface area contributed by atoms with Crippen LogP contribution in [0.5, 0.6) is 0 Å². The molecule has 0 atom stereocenters. The van der Waals surface area contributed by atoms with Crippen molar-refractivity contribution in [3.05, 3.63) is 46.1 Å². The molecule has 0 unspecified atom stereocenters. The first-order chi connectivity index (χ1) is 10.9. The maximum Gasteiger partial charge on any atom is 0.319 e. The lowest BCUT2D eigenvalue weighted by molar-refractivity contribution is -0.138. The number of aromatic nitrogens is 2. The maximum absolute atomic E-state index is 12.5. The number of aliphatic carboxylic acids is 1. The van der Waals surface area contributed by atoms with Gasteiger partial charge in [-0.15, -0.1) is 11.3 Å². The average molecular weight is 346 g/mol. The smallest absolute Gasteiger partial charge is 0.319 e. The summed E-state index contributed by atoms with van der Waals surface area (Å²) < 4.78 is -1.07. The van der Waals surface area contributed by atoms with E-state index in [9.17, 15) is 14.7 Å². The number of benzene rings is 1. The van der Waals surface area contributed by atoms with E-state index in [2.05, 4.69) is 9.97 Å². The van der Waals surface area contributed by atoms with E-state index in [1.807, 2.05) is 35.7 Å². The largest absolute Gasteiger partial charge is 0.480 e. The van der Waals surface area contributed by atoms with E-state index in [4.69, 9.17) is 0 Å². The van der Waals surface area contributed by atoms with Gasteiger partial charge in [0.05, 0.1) is 5.39 Å². The molecule has 0 fully saturated rings. The van der Waals surface area contributed by atoms with Crippen LogP contribution in [0.25, 0.3) is 21.3 Å². The first kappa shape index (κ1) is 15.8. The van der Waals surface area contributed by atoms with E-state index in [1.165, 1.54) is 11.3 Å². The molecule has 0 aliphatic rings. The molecule has 3 aromatic rings. The van der Waals surface area contributed by atoms with E-state index in [0.717, 1.165) is 22.9 Å². The molecule has 0 saturated carbocycles. The van der Waals surface area contributed by atoms with Crippen LogP contribution in [0.1, 0.15) is 13.8 Å². The number of carboxylic acids is 1. The molecule has 2 heterocycles. The molecule has 23 heavy (non-hydrogen) atoms. The molecular formula is C16H14N2O3S2. The van der Waals surface area contributed by atoms with Gasteiger partial charge in [-0.05, 0) is 19.4 Å². The zero-order valence-electron chi connectivity index (χ0n) is 12.5. The number of H-pyrrole nitrogens is 1. The van der Waals surface area contributed by atoms with Gasteiger partial charge in [0.25, 0.3) is 5.56 Å². The standard InChI is InChI=1S/C16H14N2O3S2/c1-16(2,14(20)21)23-15-17-12(19)11-10(8-22-13(11)18-15)9-6-4-3-5-7-9/h3-8H,1-2H3,(H,20,21)(H,17,18,19). The predicted molar refractivity (Wildman–Crippen MR) is 93.2 cm³/mol. The van der Waals surface area contributed by atoms with E-state index in [1.54, 1.807) is 13.8 Å². The third-order valence-electron chi connectivity index (χ3n) is 3.37. The summed E-state index contributed by atoms with van der Waals surface area (Å²) in [5.74, 6) is -0.957. The Balaban J connectivity index is 2.09. The summed E-state index contributed by atoms with van der Waals surface area (Å²) in [5, 5.41) is 12.0. The van der Waals surface area contributed by atoms with Crippen LogP contribution in [-0.4, -0.2) is 25.8 Å². The van der Waals surface area contributed by atoms with Crippen molar-refractivity contribution in [1.82, 2.24) is 9.97 Å². The van der Waals surface area contributed by atoms with Crippen molar-refractivity contribution < 1.29 is 9.90 Å². The zero-order valence-corrected chi connectivity index (χ0v) is 14.1. The Morgan fingerprint density at radius 1 is 1.30 bits per heavy atom. The Bertz CT molecular complexity index is 929. The Hall–Kier alpha value is -2.12. The van der Waals surface area contributed by atoms with Gasteiger partial charge in [0.15, 0.2) is 5.16 Å². The number of carboxylic acid groups (broad SMARTS) is 1. The normalized spacial score (nSPS) is 11.7. The van der Waals surface area contributed by atoms with Gasteiger partial charge in [-0.25, -0.2) is 4.98 Å².